The summed E-state index contributed by atoms with van der Waals surface area (Å²) in [6.07, 6.45) is 4.24. The molecule has 1 N–H and O–H groups in total. The third kappa shape index (κ3) is 4.14. The van der Waals surface area contributed by atoms with E-state index in [1.54, 1.807) is 12.3 Å². The number of nitrogens with zero attached hydrogens (tertiary/aromatic N) is 2. The Bertz CT molecular complexity index is 767. The lowest BCUT2D eigenvalue weighted by Crippen LogP contribution is -2.18. The fourth-order valence-corrected chi connectivity index (χ4v) is 3.37. The third-order valence-corrected chi connectivity index (χ3v) is 4.85. The van der Waals surface area contributed by atoms with Gasteiger partial charge in [-0.2, -0.15) is 5.10 Å². The van der Waals surface area contributed by atoms with Crippen LogP contribution in [0.1, 0.15) is 34.3 Å². The largest absolute Gasteiger partial charge is 0.372 e. The van der Waals surface area contributed by atoms with Gasteiger partial charge in [-0.15, -0.1) is 0 Å². The highest BCUT2D eigenvalue weighted by Gasteiger charge is 2.12. The maximum Gasteiger partial charge on any atom is 0.271 e. The first-order chi connectivity index (χ1) is 11.6. The summed E-state index contributed by atoms with van der Waals surface area (Å²) in [6.45, 7) is 4.35. The molecular formula is C19H20IN3O. The zero-order valence-corrected chi connectivity index (χ0v) is 15.8. The first kappa shape index (κ1) is 17.0. The molecule has 2 aromatic rings. The van der Waals surface area contributed by atoms with Crippen LogP contribution in [0.3, 0.4) is 0 Å². The molecule has 24 heavy (non-hydrogen) atoms. The number of nitrogens with one attached hydrogen (secondary N) is 1. The smallest absolute Gasteiger partial charge is 0.271 e. The predicted octanol–water partition coefficient (Wildman–Crippen LogP) is 3.96. The van der Waals surface area contributed by atoms with Crippen LogP contribution >= 0.6 is 22.6 Å². The third-order valence-electron chi connectivity index (χ3n) is 4.18. The standard InChI is InChI=1S/C19H20IN3O/c1-14-11-18(23-9-2-3-10-23)8-7-16(14)13-21-22-19(24)15-5-4-6-17(20)12-15/h4-8,11-13H,2-3,9-10H2,1H3,(H,22,24)/b21-13-. The van der Waals surface area contributed by atoms with Crippen molar-refractivity contribution in [3.05, 3.63) is 62.7 Å². The molecule has 0 spiro atoms. The van der Waals surface area contributed by atoms with E-state index in [4.69, 9.17) is 0 Å². The van der Waals surface area contributed by atoms with Crippen molar-refractivity contribution in [1.82, 2.24) is 5.43 Å². The highest BCUT2D eigenvalue weighted by molar-refractivity contribution is 14.1. The second-order valence-electron chi connectivity index (χ2n) is 5.94. The number of rotatable bonds is 4. The first-order valence-electron chi connectivity index (χ1n) is 8.08. The van der Waals surface area contributed by atoms with Gasteiger partial charge in [-0.05, 0) is 83.8 Å². The maximum atomic E-state index is 12.1. The molecule has 0 radical (unpaired) electrons. The van der Waals surface area contributed by atoms with Gasteiger partial charge in [0.15, 0.2) is 0 Å². The van der Waals surface area contributed by atoms with E-state index in [0.29, 0.717) is 5.56 Å². The summed E-state index contributed by atoms with van der Waals surface area (Å²) in [7, 11) is 0. The van der Waals surface area contributed by atoms with Crippen LogP contribution in [-0.4, -0.2) is 25.2 Å². The molecule has 0 atom stereocenters. The fraction of sp³-hybridized carbons (Fsp3) is 0.263. The lowest BCUT2D eigenvalue weighted by molar-refractivity contribution is 0.0955. The van der Waals surface area contributed by atoms with Crippen LogP contribution in [-0.2, 0) is 0 Å². The highest BCUT2D eigenvalue weighted by Crippen LogP contribution is 2.22. The SMILES string of the molecule is Cc1cc(N2CCCC2)ccc1/C=N\NC(=O)c1cccc(I)c1. The second kappa shape index (κ2) is 7.79. The number of hydrogen-bond donors (Lipinski definition) is 1. The molecule has 0 bridgehead atoms. The van der Waals surface area contributed by atoms with Gasteiger partial charge in [0.05, 0.1) is 6.21 Å². The molecule has 1 heterocycles. The molecule has 0 aromatic heterocycles. The Labute approximate surface area is 156 Å². The number of carbonyl (C=O) groups is 1. The second-order valence-corrected chi connectivity index (χ2v) is 7.19. The average molecular weight is 433 g/mol. The first-order valence-corrected chi connectivity index (χ1v) is 9.16. The van der Waals surface area contributed by atoms with E-state index in [0.717, 1.165) is 27.8 Å². The van der Waals surface area contributed by atoms with Gasteiger partial charge in [-0.25, -0.2) is 5.43 Å². The van der Waals surface area contributed by atoms with Gasteiger partial charge in [0, 0.05) is 27.9 Å². The van der Waals surface area contributed by atoms with Gasteiger partial charge in [0.25, 0.3) is 5.91 Å². The summed E-state index contributed by atoms with van der Waals surface area (Å²) in [4.78, 5) is 14.5. The maximum absolute atomic E-state index is 12.1. The monoisotopic (exact) mass is 433 g/mol. The number of halogens is 1. The number of hydrazone groups is 1. The number of carbonyl (C=O) groups excluding carboxylic acids is 1. The Kier molecular flexibility index (Phi) is 5.50. The normalized spacial score (nSPS) is 14.3. The summed E-state index contributed by atoms with van der Waals surface area (Å²) in [6, 6.07) is 13.8. The minimum absolute atomic E-state index is 0.198. The van der Waals surface area contributed by atoms with E-state index in [1.807, 2.05) is 18.2 Å². The van der Waals surface area contributed by atoms with Gasteiger partial charge >= 0.3 is 0 Å². The molecule has 4 nitrogen and oxygen atoms in total. The van der Waals surface area contributed by atoms with Crippen molar-refractivity contribution in [1.29, 1.82) is 0 Å². The summed E-state index contributed by atoms with van der Waals surface area (Å²) in [5, 5.41) is 4.10. The minimum atomic E-state index is -0.198. The van der Waals surface area contributed by atoms with Gasteiger partial charge in [0.1, 0.15) is 0 Å². The molecular weight excluding hydrogens is 413 g/mol. The molecule has 5 heteroatoms. The predicted molar refractivity (Wildman–Crippen MR) is 107 cm³/mol. The van der Waals surface area contributed by atoms with E-state index >= 15 is 0 Å². The minimum Gasteiger partial charge on any atom is -0.372 e. The summed E-state index contributed by atoms with van der Waals surface area (Å²) >= 11 is 2.19. The average Bonchev–Trinajstić information content (AvgIpc) is 3.10. The van der Waals surface area contributed by atoms with Gasteiger partial charge < -0.3 is 4.90 Å². The highest BCUT2D eigenvalue weighted by atomic mass is 127. The Morgan fingerprint density at radius 2 is 2.00 bits per heavy atom. The zero-order valence-electron chi connectivity index (χ0n) is 13.6. The van der Waals surface area contributed by atoms with Crippen molar-refractivity contribution in [3.63, 3.8) is 0 Å². The van der Waals surface area contributed by atoms with Crippen LogP contribution in [0.4, 0.5) is 5.69 Å². The van der Waals surface area contributed by atoms with Crippen LogP contribution in [0.2, 0.25) is 0 Å². The fourth-order valence-electron chi connectivity index (χ4n) is 2.83. The van der Waals surface area contributed by atoms with Crippen molar-refractivity contribution >= 4 is 40.4 Å². The molecule has 0 saturated carbocycles. The summed E-state index contributed by atoms with van der Waals surface area (Å²) in [5.74, 6) is -0.198. The van der Waals surface area contributed by atoms with Crippen molar-refractivity contribution in [3.8, 4) is 0 Å². The molecule has 1 aliphatic rings. The topological polar surface area (TPSA) is 44.7 Å². The Morgan fingerprint density at radius 1 is 1.21 bits per heavy atom. The van der Waals surface area contributed by atoms with Gasteiger partial charge in [0.2, 0.25) is 0 Å². The molecule has 1 amide bonds. The van der Waals surface area contributed by atoms with Crippen LogP contribution in [0, 0.1) is 10.5 Å². The number of aryl methyl sites for hydroxylation is 1. The van der Waals surface area contributed by atoms with Crippen molar-refractivity contribution in [2.45, 2.75) is 19.8 Å². The molecule has 1 aliphatic heterocycles. The lowest BCUT2D eigenvalue weighted by Gasteiger charge is -2.18. The van der Waals surface area contributed by atoms with Crippen LogP contribution in [0.5, 0.6) is 0 Å². The van der Waals surface area contributed by atoms with E-state index in [1.165, 1.54) is 18.5 Å². The van der Waals surface area contributed by atoms with Gasteiger partial charge in [-0.1, -0.05) is 12.1 Å². The van der Waals surface area contributed by atoms with Crippen LogP contribution in [0.15, 0.2) is 47.6 Å². The van der Waals surface area contributed by atoms with Crippen molar-refractivity contribution in [2.75, 3.05) is 18.0 Å². The number of anilines is 1. The number of amides is 1. The van der Waals surface area contributed by atoms with Crippen molar-refractivity contribution < 1.29 is 4.79 Å². The molecule has 2 aromatic carbocycles. The van der Waals surface area contributed by atoms with Crippen LogP contribution in [0.25, 0.3) is 0 Å². The zero-order chi connectivity index (χ0) is 16.9. The van der Waals surface area contributed by atoms with Crippen molar-refractivity contribution in [2.24, 2.45) is 5.10 Å². The Hall–Kier alpha value is -1.89. The summed E-state index contributed by atoms with van der Waals surface area (Å²) < 4.78 is 1.03. The molecule has 3 rings (SSSR count). The lowest BCUT2D eigenvalue weighted by atomic mass is 10.1. The van der Waals surface area contributed by atoms with Crippen LogP contribution < -0.4 is 10.3 Å². The van der Waals surface area contributed by atoms with E-state index < -0.39 is 0 Å². The number of benzene rings is 2. The molecule has 1 saturated heterocycles. The summed E-state index contributed by atoms with van der Waals surface area (Å²) in [5.41, 5.74) is 6.64. The quantitative estimate of drug-likeness (QED) is 0.451. The molecule has 0 aliphatic carbocycles. The Balaban J connectivity index is 1.65. The molecule has 1 fully saturated rings. The van der Waals surface area contributed by atoms with E-state index in [2.05, 4.69) is 63.1 Å². The molecule has 0 unspecified atom stereocenters. The molecule has 124 valence electrons. The van der Waals surface area contributed by atoms with Gasteiger partial charge in [-0.3, -0.25) is 4.79 Å². The van der Waals surface area contributed by atoms with E-state index in [-0.39, 0.29) is 5.91 Å². The Morgan fingerprint density at radius 3 is 2.71 bits per heavy atom. The van der Waals surface area contributed by atoms with E-state index in [9.17, 15) is 4.79 Å². The number of hydrogen-bond acceptors (Lipinski definition) is 3.